The second-order valence-corrected chi connectivity index (χ2v) is 6.08. The van der Waals surface area contributed by atoms with Gasteiger partial charge in [-0.1, -0.05) is 11.6 Å². The van der Waals surface area contributed by atoms with Crippen molar-refractivity contribution in [1.82, 2.24) is 15.1 Å². The van der Waals surface area contributed by atoms with Crippen LogP contribution in [0.5, 0.6) is 0 Å². The molecule has 110 valence electrons. The highest BCUT2D eigenvalue weighted by Gasteiger charge is 2.29. The molecule has 2 aliphatic rings. The van der Waals surface area contributed by atoms with Crippen molar-refractivity contribution in [3.63, 3.8) is 0 Å². The molecule has 0 saturated carbocycles. The number of hydrogen-bond donors (Lipinski definition) is 0. The summed E-state index contributed by atoms with van der Waals surface area (Å²) in [5.41, 5.74) is 2.09. The van der Waals surface area contributed by atoms with Crippen molar-refractivity contribution in [3.05, 3.63) is 16.3 Å². The van der Waals surface area contributed by atoms with Crippen molar-refractivity contribution in [2.24, 2.45) is 0 Å². The molecule has 0 amide bonds. The smallest absolute Gasteiger partial charge is 0.157 e. The first-order valence-electron chi connectivity index (χ1n) is 7.21. The lowest BCUT2D eigenvalue weighted by atomic mass is 10.0. The fraction of sp³-hybridized carbons (Fsp3) is 0.714. The zero-order chi connectivity index (χ0) is 14.1. The number of fused-ring (bicyclic) bond motifs is 1. The third-order valence-corrected chi connectivity index (χ3v) is 4.66. The lowest BCUT2D eigenvalue weighted by Gasteiger charge is -2.38. The summed E-state index contributed by atoms with van der Waals surface area (Å²) in [6, 6.07) is 0.490. The summed E-state index contributed by atoms with van der Waals surface area (Å²) in [5, 5.41) is 8.95. The van der Waals surface area contributed by atoms with E-state index in [1.54, 1.807) is 0 Å². The van der Waals surface area contributed by atoms with E-state index in [2.05, 4.69) is 27.0 Å². The molecule has 6 heteroatoms. The number of likely N-dealkylation sites (tertiary alicyclic amines) is 1. The average Bonchev–Trinajstić information content (AvgIpc) is 2.66. The highest BCUT2D eigenvalue weighted by molar-refractivity contribution is 6.30. The first-order valence-corrected chi connectivity index (χ1v) is 7.59. The van der Waals surface area contributed by atoms with Crippen molar-refractivity contribution in [1.29, 1.82) is 0 Å². The van der Waals surface area contributed by atoms with E-state index >= 15 is 0 Å². The summed E-state index contributed by atoms with van der Waals surface area (Å²) in [6.07, 6.45) is 2.43. The van der Waals surface area contributed by atoms with Crippen LogP contribution in [0.4, 0.5) is 5.82 Å². The van der Waals surface area contributed by atoms with Crippen LogP contribution in [-0.4, -0.2) is 54.4 Å². The molecule has 3 rings (SSSR count). The Morgan fingerprint density at radius 2 is 2.15 bits per heavy atom. The third-order valence-electron chi connectivity index (χ3n) is 4.30. The monoisotopic (exact) mass is 296 g/mol. The Bertz CT molecular complexity index is 496. The Balaban J connectivity index is 1.95. The second kappa shape index (κ2) is 5.84. The van der Waals surface area contributed by atoms with Gasteiger partial charge in [-0.15, -0.1) is 10.2 Å². The molecular formula is C14H21ClN4O. The number of halogens is 1. The van der Waals surface area contributed by atoms with Crippen LogP contribution in [0.15, 0.2) is 0 Å². The molecule has 0 bridgehead atoms. The van der Waals surface area contributed by atoms with E-state index in [0.29, 0.717) is 17.8 Å². The highest BCUT2D eigenvalue weighted by atomic mass is 35.5. The number of rotatable bonds is 1. The minimum absolute atomic E-state index is 0.481. The van der Waals surface area contributed by atoms with E-state index in [1.807, 2.05) is 6.92 Å². The zero-order valence-electron chi connectivity index (χ0n) is 12.1. The van der Waals surface area contributed by atoms with Gasteiger partial charge in [0.25, 0.3) is 0 Å². The second-order valence-electron chi connectivity index (χ2n) is 5.72. The largest absolute Gasteiger partial charge is 0.375 e. The standard InChI is InChI=1S/C14H21ClN4O/c1-10-12-9-20-7-6-19(14(12)17-16-13(10)15)11-4-3-5-18(2)8-11/h11H,3-9H2,1-2H3/t11-/m1/s1. The quantitative estimate of drug-likeness (QED) is 0.791. The Labute approximate surface area is 124 Å². The Kier molecular flexibility index (Phi) is 4.10. The van der Waals surface area contributed by atoms with Gasteiger partial charge in [-0.25, -0.2) is 0 Å². The number of hydrogen-bond acceptors (Lipinski definition) is 5. The van der Waals surface area contributed by atoms with E-state index in [-0.39, 0.29) is 0 Å². The van der Waals surface area contributed by atoms with Crippen LogP contribution in [0.1, 0.15) is 24.0 Å². The summed E-state index contributed by atoms with van der Waals surface area (Å²) in [5.74, 6) is 0.963. The van der Waals surface area contributed by atoms with E-state index in [0.717, 1.165) is 36.6 Å². The third kappa shape index (κ3) is 2.62. The Hall–Kier alpha value is -0.910. The summed E-state index contributed by atoms with van der Waals surface area (Å²) >= 11 is 6.10. The first-order chi connectivity index (χ1) is 9.66. The Morgan fingerprint density at radius 3 is 2.95 bits per heavy atom. The fourth-order valence-corrected chi connectivity index (χ4v) is 3.27. The number of aromatic nitrogens is 2. The van der Waals surface area contributed by atoms with Crippen molar-refractivity contribution in [2.45, 2.75) is 32.4 Å². The molecule has 1 saturated heterocycles. The van der Waals surface area contributed by atoms with Crippen molar-refractivity contribution < 1.29 is 4.74 Å². The molecule has 5 nitrogen and oxygen atoms in total. The fourth-order valence-electron chi connectivity index (χ4n) is 3.11. The minimum Gasteiger partial charge on any atom is -0.375 e. The van der Waals surface area contributed by atoms with Crippen LogP contribution in [-0.2, 0) is 11.3 Å². The molecule has 0 spiro atoms. The molecule has 0 aliphatic carbocycles. The minimum atomic E-state index is 0.481. The van der Waals surface area contributed by atoms with Crippen LogP contribution in [0, 0.1) is 6.92 Å². The SMILES string of the molecule is Cc1c(Cl)nnc2c1COCCN2[C@@H]1CCCN(C)C1. The molecule has 1 aromatic rings. The number of piperidine rings is 1. The predicted octanol–water partition coefficient (Wildman–Crippen LogP) is 1.87. The number of likely N-dealkylation sites (N-methyl/N-ethyl adjacent to an activating group) is 1. The maximum atomic E-state index is 6.10. The van der Waals surface area contributed by atoms with E-state index in [9.17, 15) is 0 Å². The number of ether oxygens (including phenoxy) is 1. The van der Waals surface area contributed by atoms with Crippen LogP contribution in [0.25, 0.3) is 0 Å². The van der Waals surface area contributed by atoms with E-state index in [1.165, 1.54) is 19.4 Å². The maximum absolute atomic E-state index is 6.10. The molecule has 1 aromatic heterocycles. The molecular weight excluding hydrogens is 276 g/mol. The summed E-state index contributed by atoms with van der Waals surface area (Å²) in [6.45, 7) is 6.43. The van der Waals surface area contributed by atoms with Gasteiger partial charge >= 0.3 is 0 Å². The highest BCUT2D eigenvalue weighted by Crippen LogP contribution is 2.30. The summed E-state index contributed by atoms with van der Waals surface area (Å²) in [7, 11) is 2.18. The molecule has 0 unspecified atom stereocenters. The molecule has 0 N–H and O–H groups in total. The lowest BCUT2D eigenvalue weighted by molar-refractivity contribution is 0.129. The normalized spacial score (nSPS) is 24.4. The zero-order valence-corrected chi connectivity index (χ0v) is 12.9. The van der Waals surface area contributed by atoms with Gasteiger partial charge in [-0.2, -0.15) is 0 Å². The molecule has 1 fully saturated rings. The topological polar surface area (TPSA) is 41.5 Å². The predicted molar refractivity (Wildman–Crippen MR) is 79.3 cm³/mol. The van der Waals surface area contributed by atoms with Gasteiger partial charge in [0.15, 0.2) is 11.0 Å². The van der Waals surface area contributed by atoms with Crippen LogP contribution in [0.2, 0.25) is 5.15 Å². The van der Waals surface area contributed by atoms with Gasteiger partial charge in [-0.3, -0.25) is 0 Å². The first kappa shape index (κ1) is 14.0. The maximum Gasteiger partial charge on any atom is 0.157 e. The van der Waals surface area contributed by atoms with Crippen LogP contribution in [0.3, 0.4) is 0 Å². The number of anilines is 1. The lowest BCUT2D eigenvalue weighted by Crippen LogP contribution is -2.48. The summed E-state index contributed by atoms with van der Waals surface area (Å²) < 4.78 is 5.72. The molecule has 20 heavy (non-hydrogen) atoms. The molecule has 1 atom stereocenters. The van der Waals surface area contributed by atoms with Gasteiger partial charge in [0.2, 0.25) is 0 Å². The van der Waals surface area contributed by atoms with Crippen molar-refractivity contribution in [3.8, 4) is 0 Å². The van der Waals surface area contributed by atoms with Crippen LogP contribution >= 0.6 is 11.6 Å². The van der Waals surface area contributed by atoms with Crippen LogP contribution < -0.4 is 4.90 Å². The van der Waals surface area contributed by atoms with Gasteiger partial charge in [0.1, 0.15) is 0 Å². The molecule has 0 radical (unpaired) electrons. The van der Waals surface area contributed by atoms with Gasteiger partial charge < -0.3 is 14.5 Å². The average molecular weight is 297 g/mol. The Morgan fingerprint density at radius 1 is 1.30 bits per heavy atom. The molecule has 0 aromatic carbocycles. The van der Waals surface area contributed by atoms with Crippen molar-refractivity contribution >= 4 is 17.4 Å². The van der Waals surface area contributed by atoms with E-state index < -0.39 is 0 Å². The molecule has 2 aliphatic heterocycles. The van der Waals surface area contributed by atoms with Gasteiger partial charge in [0.05, 0.1) is 13.2 Å². The van der Waals surface area contributed by atoms with Crippen molar-refractivity contribution in [2.75, 3.05) is 38.2 Å². The number of nitrogens with zero attached hydrogens (tertiary/aromatic N) is 4. The molecule has 3 heterocycles. The van der Waals surface area contributed by atoms with Gasteiger partial charge in [-0.05, 0) is 38.9 Å². The van der Waals surface area contributed by atoms with Gasteiger partial charge in [0, 0.05) is 24.7 Å². The van der Waals surface area contributed by atoms with E-state index in [4.69, 9.17) is 16.3 Å². The summed E-state index contributed by atoms with van der Waals surface area (Å²) in [4.78, 5) is 4.75.